The molecule has 0 saturated carbocycles. The van der Waals surface area contributed by atoms with Gasteiger partial charge >= 0.3 is 0 Å². The number of benzene rings is 2. The quantitative estimate of drug-likeness (QED) is 0.226. The summed E-state index contributed by atoms with van der Waals surface area (Å²) in [6.07, 6.45) is 5.45. The molecular weight excluding hydrogens is 516 g/mol. The van der Waals surface area contributed by atoms with Crippen molar-refractivity contribution in [1.29, 1.82) is 0 Å². The van der Waals surface area contributed by atoms with Crippen LogP contribution in [0.15, 0.2) is 61.4 Å². The van der Waals surface area contributed by atoms with Crippen LogP contribution < -0.4 is 20.1 Å². The number of aromatic nitrogens is 3. The fraction of sp³-hybridized carbons (Fsp3) is 0.276. The van der Waals surface area contributed by atoms with Crippen molar-refractivity contribution in [1.82, 2.24) is 19.4 Å². The summed E-state index contributed by atoms with van der Waals surface area (Å²) in [6.45, 7) is 6.32. The molecule has 4 rings (SSSR count). The summed E-state index contributed by atoms with van der Waals surface area (Å²) in [5, 5.41) is 7.51. The number of ether oxygens (including phenoxy) is 2. The number of hydrogen-bond donors (Lipinski definition) is 2. The van der Waals surface area contributed by atoms with Gasteiger partial charge in [-0.25, -0.2) is 9.97 Å². The fourth-order valence-corrected chi connectivity index (χ4v) is 4.50. The standard InChI is InChI=1S/C29H33ClN6O3/c1-7-18(16-35(3)4)39-26-14-25(38-6)22(13-23(26)32-27(37)8-2)33-29-31-15-21(30)28(34-29)20-17-36(5)24-12-10-9-11-19(20)24/h8-15,17-18H,2,7,16H2,1,3-6H3,(H,32,37)(H,31,33,34)/t18-/m0/s1. The predicted molar refractivity (Wildman–Crippen MR) is 157 cm³/mol. The summed E-state index contributed by atoms with van der Waals surface area (Å²) >= 11 is 6.56. The highest BCUT2D eigenvalue weighted by Gasteiger charge is 2.19. The molecule has 0 unspecified atom stereocenters. The van der Waals surface area contributed by atoms with E-state index in [-0.39, 0.29) is 12.0 Å². The molecular formula is C29H33ClN6O3. The normalized spacial score (nSPS) is 11.9. The summed E-state index contributed by atoms with van der Waals surface area (Å²) < 4.78 is 14.0. The molecule has 0 spiro atoms. The molecule has 2 N–H and O–H groups in total. The molecule has 39 heavy (non-hydrogen) atoms. The van der Waals surface area contributed by atoms with Crippen molar-refractivity contribution in [3.8, 4) is 22.8 Å². The second-order valence-corrected chi connectivity index (χ2v) is 9.75. The minimum absolute atomic E-state index is 0.0919. The van der Waals surface area contributed by atoms with Crippen LogP contribution >= 0.6 is 11.6 Å². The third-order valence-corrected chi connectivity index (χ3v) is 6.48. The molecule has 1 amide bonds. The largest absolute Gasteiger partial charge is 0.494 e. The molecule has 0 aliphatic rings. The van der Waals surface area contributed by atoms with Crippen LogP contribution in [0.4, 0.5) is 17.3 Å². The Morgan fingerprint density at radius 1 is 1.23 bits per heavy atom. The van der Waals surface area contributed by atoms with Crippen LogP contribution in [0.5, 0.6) is 11.5 Å². The summed E-state index contributed by atoms with van der Waals surface area (Å²) in [4.78, 5) is 23.4. The number of nitrogens with one attached hydrogen (secondary N) is 2. The molecule has 2 aromatic carbocycles. The number of aryl methyl sites for hydroxylation is 1. The summed E-state index contributed by atoms with van der Waals surface area (Å²) in [5.41, 5.74) is 3.56. The van der Waals surface area contributed by atoms with E-state index in [4.69, 9.17) is 26.1 Å². The molecule has 0 radical (unpaired) electrons. The molecule has 1 atom stereocenters. The van der Waals surface area contributed by atoms with Gasteiger partial charge in [0, 0.05) is 42.3 Å². The van der Waals surface area contributed by atoms with Crippen molar-refractivity contribution in [2.24, 2.45) is 7.05 Å². The van der Waals surface area contributed by atoms with Crippen LogP contribution in [-0.4, -0.2) is 59.2 Å². The Morgan fingerprint density at radius 3 is 2.69 bits per heavy atom. The summed E-state index contributed by atoms with van der Waals surface area (Å²) in [5.74, 6) is 0.924. The average molecular weight is 549 g/mol. The number of likely N-dealkylation sites (N-methyl/N-ethyl adjacent to an activating group) is 1. The van der Waals surface area contributed by atoms with Gasteiger partial charge in [0.15, 0.2) is 0 Å². The molecule has 0 fully saturated rings. The van der Waals surface area contributed by atoms with Crippen LogP contribution in [0, 0.1) is 0 Å². The third-order valence-electron chi connectivity index (χ3n) is 6.21. The van der Waals surface area contributed by atoms with Crippen LogP contribution in [0.2, 0.25) is 5.02 Å². The maximum Gasteiger partial charge on any atom is 0.247 e. The summed E-state index contributed by atoms with van der Waals surface area (Å²) in [7, 11) is 7.51. The number of methoxy groups -OCH3 is 1. The van der Waals surface area contributed by atoms with Gasteiger partial charge < -0.3 is 29.6 Å². The first-order valence-corrected chi connectivity index (χ1v) is 12.9. The van der Waals surface area contributed by atoms with Crippen molar-refractivity contribution < 1.29 is 14.3 Å². The Morgan fingerprint density at radius 2 is 2.00 bits per heavy atom. The Kier molecular flexibility index (Phi) is 8.73. The monoisotopic (exact) mass is 548 g/mol. The first-order valence-electron chi connectivity index (χ1n) is 12.5. The highest BCUT2D eigenvalue weighted by molar-refractivity contribution is 6.33. The van der Waals surface area contributed by atoms with Crippen molar-refractivity contribution in [2.45, 2.75) is 19.4 Å². The highest BCUT2D eigenvalue weighted by Crippen LogP contribution is 2.39. The number of halogens is 1. The lowest BCUT2D eigenvalue weighted by atomic mass is 10.1. The van der Waals surface area contributed by atoms with Gasteiger partial charge in [-0.05, 0) is 38.7 Å². The number of hydrogen-bond acceptors (Lipinski definition) is 7. The van der Waals surface area contributed by atoms with E-state index in [2.05, 4.69) is 34.0 Å². The minimum atomic E-state index is -0.363. The average Bonchev–Trinajstić information content (AvgIpc) is 3.26. The molecule has 0 aliphatic heterocycles. The van der Waals surface area contributed by atoms with Gasteiger partial charge in [0.2, 0.25) is 11.9 Å². The van der Waals surface area contributed by atoms with Gasteiger partial charge in [-0.2, -0.15) is 0 Å². The Balaban J connectivity index is 1.73. The first kappa shape index (κ1) is 27.9. The maximum absolute atomic E-state index is 12.3. The molecule has 9 nitrogen and oxygen atoms in total. The van der Waals surface area contributed by atoms with E-state index in [1.165, 1.54) is 6.08 Å². The number of para-hydroxylation sites is 1. The number of rotatable bonds is 11. The lowest BCUT2D eigenvalue weighted by molar-refractivity contribution is -0.111. The van der Waals surface area contributed by atoms with Crippen LogP contribution in [0.3, 0.4) is 0 Å². The van der Waals surface area contributed by atoms with Gasteiger partial charge in [-0.15, -0.1) is 0 Å². The SMILES string of the molecule is C=CC(=O)Nc1cc(Nc2ncc(Cl)c(-c3cn(C)c4ccccc34)n2)c(OC)cc1O[C@@H](CC)CN(C)C. The molecule has 2 aromatic heterocycles. The maximum atomic E-state index is 12.3. The summed E-state index contributed by atoms with van der Waals surface area (Å²) in [6, 6.07) is 11.5. The van der Waals surface area contributed by atoms with Gasteiger partial charge in [0.1, 0.15) is 17.6 Å². The van der Waals surface area contributed by atoms with Gasteiger partial charge in [-0.3, -0.25) is 4.79 Å². The number of amides is 1. The molecule has 0 saturated heterocycles. The highest BCUT2D eigenvalue weighted by atomic mass is 35.5. The van der Waals surface area contributed by atoms with Crippen molar-refractivity contribution in [3.05, 3.63) is 66.5 Å². The number of carbonyl (C=O) groups excluding carboxylic acids is 1. The van der Waals surface area contributed by atoms with Crippen molar-refractivity contribution in [2.75, 3.05) is 38.4 Å². The first-order chi connectivity index (χ1) is 18.7. The van der Waals surface area contributed by atoms with Gasteiger partial charge in [0.05, 0.1) is 35.4 Å². The molecule has 4 aromatic rings. The van der Waals surface area contributed by atoms with E-state index in [0.29, 0.717) is 46.1 Å². The number of fused-ring (bicyclic) bond motifs is 1. The number of carbonyl (C=O) groups is 1. The lowest BCUT2D eigenvalue weighted by Gasteiger charge is -2.24. The zero-order valence-electron chi connectivity index (χ0n) is 22.8. The van der Waals surface area contributed by atoms with Crippen LogP contribution in [0.25, 0.3) is 22.2 Å². The van der Waals surface area contributed by atoms with Crippen molar-refractivity contribution >= 4 is 45.7 Å². The second kappa shape index (κ2) is 12.2. The number of anilines is 3. The smallest absolute Gasteiger partial charge is 0.247 e. The zero-order valence-corrected chi connectivity index (χ0v) is 23.5. The molecule has 2 heterocycles. The Labute approximate surface area is 233 Å². The van der Waals surface area contributed by atoms with Gasteiger partial charge in [0.25, 0.3) is 0 Å². The van der Waals surface area contributed by atoms with Crippen LogP contribution in [-0.2, 0) is 11.8 Å². The minimum Gasteiger partial charge on any atom is -0.494 e. The molecule has 0 bridgehead atoms. The van der Waals surface area contributed by atoms with E-state index in [9.17, 15) is 4.79 Å². The van der Waals surface area contributed by atoms with E-state index >= 15 is 0 Å². The topological polar surface area (TPSA) is 93.5 Å². The van der Waals surface area contributed by atoms with Crippen molar-refractivity contribution in [3.63, 3.8) is 0 Å². The van der Waals surface area contributed by atoms with E-state index in [1.807, 2.05) is 56.2 Å². The molecule has 10 heteroatoms. The predicted octanol–water partition coefficient (Wildman–Crippen LogP) is 5.88. The van der Waals surface area contributed by atoms with E-state index < -0.39 is 0 Å². The fourth-order valence-electron chi connectivity index (χ4n) is 4.31. The zero-order chi connectivity index (χ0) is 28.1. The van der Waals surface area contributed by atoms with E-state index in [0.717, 1.165) is 22.9 Å². The van der Waals surface area contributed by atoms with Crippen LogP contribution in [0.1, 0.15) is 13.3 Å². The third kappa shape index (κ3) is 6.32. The second-order valence-electron chi connectivity index (χ2n) is 9.34. The molecule has 204 valence electrons. The van der Waals surface area contributed by atoms with Gasteiger partial charge in [-0.1, -0.05) is 43.3 Å². The number of nitrogens with zero attached hydrogens (tertiary/aromatic N) is 4. The Hall–Kier alpha value is -4.08. The Bertz CT molecular complexity index is 1500. The van der Waals surface area contributed by atoms with E-state index in [1.54, 1.807) is 25.4 Å². The molecule has 0 aliphatic carbocycles. The lowest BCUT2D eigenvalue weighted by Crippen LogP contribution is -2.30.